The molecule has 0 radical (unpaired) electrons. The Hall–Kier alpha value is -0.790. The maximum Gasteiger partial charge on any atom is 0.0668 e. The van der Waals surface area contributed by atoms with Gasteiger partial charge in [-0.3, -0.25) is 0 Å². The first-order valence-electron chi connectivity index (χ1n) is 8.06. The van der Waals surface area contributed by atoms with Crippen molar-refractivity contribution in [2.75, 3.05) is 0 Å². The molecule has 0 saturated heterocycles. The normalized spacial score (nSPS) is 11.8. The van der Waals surface area contributed by atoms with E-state index in [1.807, 2.05) is 0 Å². The summed E-state index contributed by atoms with van der Waals surface area (Å²) in [7, 11) is 0. The van der Waals surface area contributed by atoms with Crippen molar-refractivity contribution in [1.82, 2.24) is 0 Å². The van der Waals surface area contributed by atoms with Crippen LogP contribution in [0.4, 0.5) is 0 Å². The summed E-state index contributed by atoms with van der Waals surface area (Å²) < 4.78 is 0. The fourth-order valence-electron chi connectivity index (χ4n) is 2.21. The summed E-state index contributed by atoms with van der Waals surface area (Å²) in [6, 6.07) is 0. The van der Waals surface area contributed by atoms with E-state index in [9.17, 15) is 9.90 Å². The SMILES string of the molecule is CCCCCCCCCCCCC/C=C(\C)C(=O)[O-]. The molecule has 0 aliphatic rings. The molecule has 2 nitrogen and oxygen atoms in total. The van der Waals surface area contributed by atoms with E-state index in [0.29, 0.717) is 5.57 Å². The number of carbonyl (C=O) groups excluding carboxylic acids is 1. The highest BCUT2D eigenvalue weighted by Crippen LogP contribution is 2.12. The number of rotatable bonds is 13. The Kier molecular flexibility index (Phi) is 13.1. The predicted molar refractivity (Wildman–Crippen MR) is 79.8 cm³/mol. The van der Waals surface area contributed by atoms with Crippen molar-refractivity contribution in [1.29, 1.82) is 0 Å². The Morgan fingerprint density at radius 1 is 0.842 bits per heavy atom. The first kappa shape index (κ1) is 18.2. The second kappa shape index (κ2) is 13.6. The monoisotopic (exact) mass is 267 g/mol. The van der Waals surface area contributed by atoms with Crippen molar-refractivity contribution in [2.24, 2.45) is 0 Å². The van der Waals surface area contributed by atoms with Gasteiger partial charge in [0.25, 0.3) is 0 Å². The highest BCUT2D eigenvalue weighted by Gasteiger charge is 1.93. The fourth-order valence-corrected chi connectivity index (χ4v) is 2.21. The summed E-state index contributed by atoms with van der Waals surface area (Å²) >= 11 is 0. The second-order valence-corrected chi connectivity index (χ2v) is 5.50. The van der Waals surface area contributed by atoms with Crippen LogP contribution in [0.2, 0.25) is 0 Å². The van der Waals surface area contributed by atoms with Crippen LogP contribution in [-0.2, 0) is 4.79 Å². The van der Waals surface area contributed by atoms with Gasteiger partial charge in [-0.25, -0.2) is 0 Å². The zero-order valence-electron chi connectivity index (χ0n) is 12.9. The van der Waals surface area contributed by atoms with Gasteiger partial charge in [0.1, 0.15) is 0 Å². The molecule has 0 saturated carbocycles. The lowest BCUT2D eigenvalue weighted by atomic mass is 10.0. The average Bonchev–Trinajstić information content (AvgIpc) is 2.39. The number of carboxylic acids is 1. The summed E-state index contributed by atoms with van der Waals surface area (Å²) in [5, 5.41) is 10.5. The van der Waals surface area contributed by atoms with Crippen LogP contribution in [0.25, 0.3) is 0 Å². The quantitative estimate of drug-likeness (QED) is 0.367. The first-order valence-corrected chi connectivity index (χ1v) is 8.06. The first-order chi connectivity index (χ1) is 9.18. The number of allylic oxidation sites excluding steroid dienone is 1. The Morgan fingerprint density at radius 3 is 1.68 bits per heavy atom. The summed E-state index contributed by atoms with van der Waals surface area (Å²) in [4.78, 5) is 10.5. The highest BCUT2D eigenvalue weighted by molar-refractivity contribution is 5.83. The minimum Gasteiger partial charge on any atom is -0.545 e. The smallest absolute Gasteiger partial charge is 0.0668 e. The molecular weight excluding hydrogens is 236 g/mol. The maximum atomic E-state index is 10.5. The van der Waals surface area contributed by atoms with Gasteiger partial charge in [0.05, 0.1) is 5.97 Å². The van der Waals surface area contributed by atoms with Crippen molar-refractivity contribution in [2.45, 2.75) is 90.9 Å². The molecule has 0 aromatic carbocycles. The zero-order chi connectivity index (χ0) is 14.3. The van der Waals surface area contributed by atoms with Gasteiger partial charge in [-0.15, -0.1) is 0 Å². The lowest BCUT2D eigenvalue weighted by Crippen LogP contribution is -2.22. The maximum absolute atomic E-state index is 10.5. The molecule has 0 aromatic rings. The van der Waals surface area contributed by atoms with Crippen LogP contribution in [-0.4, -0.2) is 5.97 Å². The van der Waals surface area contributed by atoms with Gasteiger partial charge < -0.3 is 9.90 Å². The highest BCUT2D eigenvalue weighted by atomic mass is 16.4. The summed E-state index contributed by atoms with van der Waals surface area (Å²) in [5.41, 5.74) is 0.368. The van der Waals surface area contributed by atoms with Gasteiger partial charge in [-0.05, 0) is 25.3 Å². The minimum absolute atomic E-state index is 0.368. The molecule has 0 rings (SSSR count). The van der Waals surface area contributed by atoms with Crippen molar-refractivity contribution in [3.05, 3.63) is 11.6 Å². The number of carboxylic acid groups (broad SMARTS) is 1. The molecule has 2 heteroatoms. The van der Waals surface area contributed by atoms with Crippen molar-refractivity contribution in [3.63, 3.8) is 0 Å². The molecule has 0 spiro atoms. The molecule has 0 fully saturated rings. The number of aliphatic carboxylic acids is 1. The zero-order valence-corrected chi connectivity index (χ0v) is 12.9. The van der Waals surface area contributed by atoms with Crippen molar-refractivity contribution in [3.8, 4) is 0 Å². The van der Waals surface area contributed by atoms with E-state index in [2.05, 4.69) is 6.92 Å². The predicted octanol–water partition coefficient (Wildman–Crippen LogP) is 4.38. The topological polar surface area (TPSA) is 40.1 Å². The van der Waals surface area contributed by atoms with E-state index in [1.165, 1.54) is 64.2 Å². The van der Waals surface area contributed by atoms with Crippen LogP contribution in [0, 0.1) is 0 Å². The van der Waals surface area contributed by atoms with Crippen molar-refractivity contribution < 1.29 is 9.90 Å². The summed E-state index contributed by atoms with van der Waals surface area (Å²) in [6.45, 7) is 3.86. The molecule has 0 bridgehead atoms. The third-order valence-corrected chi connectivity index (χ3v) is 3.58. The Labute approximate surface area is 119 Å². The number of hydrogen-bond acceptors (Lipinski definition) is 2. The third kappa shape index (κ3) is 13.4. The van der Waals surface area contributed by atoms with Crippen LogP contribution in [0.3, 0.4) is 0 Å². The van der Waals surface area contributed by atoms with Crippen LogP contribution in [0.1, 0.15) is 90.9 Å². The second-order valence-electron chi connectivity index (χ2n) is 5.50. The van der Waals surface area contributed by atoms with Crippen LogP contribution in [0.5, 0.6) is 0 Å². The molecule has 0 aliphatic heterocycles. The molecule has 112 valence electrons. The summed E-state index contributed by atoms with van der Waals surface area (Å²) in [5.74, 6) is -1.04. The van der Waals surface area contributed by atoms with Gasteiger partial charge in [-0.2, -0.15) is 0 Å². The molecule has 0 amide bonds. The summed E-state index contributed by atoms with van der Waals surface area (Å²) in [6.07, 6.45) is 17.2. The largest absolute Gasteiger partial charge is 0.545 e. The van der Waals surface area contributed by atoms with Gasteiger partial charge in [0.15, 0.2) is 0 Å². The Balaban J connectivity index is 3.15. The van der Waals surface area contributed by atoms with Gasteiger partial charge in [0, 0.05) is 0 Å². The third-order valence-electron chi connectivity index (χ3n) is 3.58. The molecule has 0 heterocycles. The Morgan fingerprint density at radius 2 is 1.26 bits per heavy atom. The van der Waals surface area contributed by atoms with E-state index in [4.69, 9.17) is 0 Å². The molecule has 0 unspecified atom stereocenters. The molecule has 0 atom stereocenters. The lowest BCUT2D eigenvalue weighted by Gasteiger charge is -2.03. The Bertz CT molecular complexity index is 244. The fraction of sp³-hybridized carbons (Fsp3) is 0.824. The molecule has 0 aromatic heterocycles. The molecular formula is C17H31O2-. The van der Waals surface area contributed by atoms with Crippen LogP contribution >= 0.6 is 0 Å². The molecule has 19 heavy (non-hydrogen) atoms. The van der Waals surface area contributed by atoms with Crippen LogP contribution < -0.4 is 5.11 Å². The van der Waals surface area contributed by atoms with E-state index in [-0.39, 0.29) is 0 Å². The van der Waals surface area contributed by atoms with Crippen LogP contribution in [0.15, 0.2) is 11.6 Å². The number of carbonyl (C=O) groups is 1. The van der Waals surface area contributed by atoms with E-state index < -0.39 is 5.97 Å². The average molecular weight is 267 g/mol. The molecule has 0 aliphatic carbocycles. The van der Waals surface area contributed by atoms with Crippen molar-refractivity contribution >= 4 is 5.97 Å². The standard InChI is InChI=1S/C17H32O2/c1-3-4-5-6-7-8-9-10-11-12-13-14-15-16(2)17(18)19/h15H,3-14H2,1-2H3,(H,18,19)/p-1/b16-15+. The minimum atomic E-state index is -1.04. The van der Waals surface area contributed by atoms with Gasteiger partial charge in [0.2, 0.25) is 0 Å². The van der Waals surface area contributed by atoms with E-state index >= 15 is 0 Å². The number of hydrogen-bond donors (Lipinski definition) is 0. The van der Waals surface area contributed by atoms with Gasteiger partial charge >= 0.3 is 0 Å². The van der Waals surface area contributed by atoms with Gasteiger partial charge in [-0.1, -0.05) is 77.2 Å². The molecule has 0 N–H and O–H groups in total. The lowest BCUT2D eigenvalue weighted by molar-refractivity contribution is -0.299. The van der Waals surface area contributed by atoms with E-state index in [0.717, 1.165) is 12.8 Å². The van der Waals surface area contributed by atoms with E-state index in [1.54, 1.807) is 13.0 Å². The number of unbranched alkanes of at least 4 members (excludes halogenated alkanes) is 11.